The van der Waals surface area contributed by atoms with Crippen LogP contribution in [0.15, 0.2) is 28.7 Å². The zero-order valence-corrected chi connectivity index (χ0v) is 10.2. The summed E-state index contributed by atoms with van der Waals surface area (Å²) >= 11 is 5.74. The first kappa shape index (κ1) is 12.4. The zero-order valence-electron chi connectivity index (χ0n) is 9.42. The van der Waals surface area contributed by atoms with E-state index in [4.69, 9.17) is 20.8 Å². The molecule has 0 spiro atoms. The van der Waals surface area contributed by atoms with Gasteiger partial charge in [-0.2, -0.15) is 0 Å². The van der Waals surface area contributed by atoms with Gasteiger partial charge in [0.15, 0.2) is 6.61 Å². The molecule has 0 aliphatic rings. The average Bonchev–Trinajstić information content (AvgIpc) is 2.86. The Morgan fingerprint density at radius 3 is 2.72 bits per heavy atom. The molecular formula is C11H9ClN2O4. The fourth-order valence-electron chi connectivity index (χ4n) is 1.16. The average molecular weight is 269 g/mol. The number of nitrogens with zero attached hydrogens (tertiary/aromatic N) is 2. The quantitative estimate of drug-likeness (QED) is 0.791. The minimum Gasteiger partial charge on any atom is -0.484 e. The second-order valence-corrected chi connectivity index (χ2v) is 3.67. The lowest BCUT2D eigenvalue weighted by atomic mass is 10.3. The predicted molar refractivity (Wildman–Crippen MR) is 61.4 cm³/mol. The number of benzene rings is 1. The lowest BCUT2D eigenvalue weighted by Crippen LogP contribution is -2.00. The van der Waals surface area contributed by atoms with E-state index in [-0.39, 0.29) is 18.4 Å². The maximum absolute atomic E-state index is 11.1. The number of carbonyl (C=O) groups is 1. The van der Waals surface area contributed by atoms with E-state index >= 15 is 0 Å². The van der Waals surface area contributed by atoms with Crippen LogP contribution in [0.4, 0.5) is 0 Å². The first-order valence-corrected chi connectivity index (χ1v) is 5.36. The van der Waals surface area contributed by atoms with Crippen LogP contribution in [-0.4, -0.2) is 23.3 Å². The number of halogens is 1. The van der Waals surface area contributed by atoms with E-state index in [0.717, 1.165) is 0 Å². The molecule has 0 saturated carbocycles. The van der Waals surface area contributed by atoms with Crippen molar-refractivity contribution in [3.63, 3.8) is 0 Å². The van der Waals surface area contributed by atoms with Gasteiger partial charge in [-0.1, -0.05) is 11.6 Å². The molecule has 2 aromatic rings. The van der Waals surface area contributed by atoms with Gasteiger partial charge in [0.05, 0.1) is 7.11 Å². The molecule has 1 aromatic heterocycles. The van der Waals surface area contributed by atoms with Gasteiger partial charge in [0, 0.05) is 5.02 Å². The fraction of sp³-hybridized carbons (Fsp3) is 0.182. The van der Waals surface area contributed by atoms with Gasteiger partial charge in [0.2, 0.25) is 0 Å². The van der Waals surface area contributed by atoms with Crippen LogP contribution >= 0.6 is 11.6 Å². The molecular weight excluding hydrogens is 260 g/mol. The molecule has 0 saturated heterocycles. The Morgan fingerprint density at radius 1 is 1.33 bits per heavy atom. The van der Waals surface area contributed by atoms with Crippen molar-refractivity contribution in [3.05, 3.63) is 41.1 Å². The van der Waals surface area contributed by atoms with Gasteiger partial charge in [0.1, 0.15) is 5.75 Å². The third-order valence-electron chi connectivity index (χ3n) is 2.00. The van der Waals surface area contributed by atoms with Gasteiger partial charge in [0.25, 0.3) is 5.89 Å². The van der Waals surface area contributed by atoms with Crippen molar-refractivity contribution in [1.82, 2.24) is 10.2 Å². The van der Waals surface area contributed by atoms with Gasteiger partial charge in [-0.3, -0.25) is 0 Å². The van der Waals surface area contributed by atoms with Crippen molar-refractivity contribution < 1.29 is 18.7 Å². The van der Waals surface area contributed by atoms with Gasteiger partial charge in [-0.15, -0.1) is 10.2 Å². The summed E-state index contributed by atoms with van der Waals surface area (Å²) in [5, 5.41) is 7.79. The second-order valence-electron chi connectivity index (χ2n) is 3.24. The smallest absolute Gasteiger partial charge is 0.396 e. The molecule has 1 heterocycles. The van der Waals surface area contributed by atoms with Crippen molar-refractivity contribution in [1.29, 1.82) is 0 Å². The molecule has 0 amide bonds. The number of rotatable bonds is 4. The standard InChI is InChI=1S/C11H9ClN2O4/c1-16-11(15)10-14-13-9(18-10)6-17-8-4-2-7(12)3-5-8/h2-5H,6H2,1H3. The number of ether oxygens (including phenoxy) is 2. The van der Waals surface area contributed by atoms with Gasteiger partial charge in [-0.05, 0) is 24.3 Å². The number of esters is 1. The molecule has 7 heteroatoms. The molecule has 0 radical (unpaired) electrons. The Bertz CT molecular complexity index is 538. The number of aromatic nitrogens is 2. The summed E-state index contributed by atoms with van der Waals surface area (Å²) in [6.07, 6.45) is 0. The summed E-state index contributed by atoms with van der Waals surface area (Å²) < 4.78 is 14.8. The largest absolute Gasteiger partial charge is 0.484 e. The van der Waals surface area contributed by atoms with Crippen molar-refractivity contribution in [3.8, 4) is 5.75 Å². The first-order chi connectivity index (χ1) is 8.69. The molecule has 0 bridgehead atoms. The van der Waals surface area contributed by atoms with Crippen LogP contribution in [0.1, 0.15) is 16.6 Å². The Labute approximate surface area is 107 Å². The van der Waals surface area contributed by atoms with Crippen LogP contribution in [-0.2, 0) is 11.3 Å². The number of hydrogen-bond acceptors (Lipinski definition) is 6. The molecule has 0 unspecified atom stereocenters. The normalized spacial score (nSPS) is 10.1. The van der Waals surface area contributed by atoms with Gasteiger partial charge in [-0.25, -0.2) is 4.79 Å². The highest BCUT2D eigenvalue weighted by molar-refractivity contribution is 6.30. The highest BCUT2D eigenvalue weighted by Crippen LogP contribution is 2.16. The molecule has 2 rings (SSSR count). The van der Waals surface area contributed by atoms with Gasteiger partial charge >= 0.3 is 11.9 Å². The van der Waals surface area contributed by atoms with Crippen molar-refractivity contribution in [2.75, 3.05) is 7.11 Å². The van der Waals surface area contributed by atoms with Crippen LogP contribution in [0, 0.1) is 0 Å². The lowest BCUT2D eigenvalue weighted by Gasteiger charge is -2.02. The Balaban J connectivity index is 1.96. The maximum atomic E-state index is 11.1. The molecule has 6 nitrogen and oxygen atoms in total. The second kappa shape index (κ2) is 5.50. The number of methoxy groups -OCH3 is 1. The SMILES string of the molecule is COC(=O)c1nnc(COc2ccc(Cl)cc2)o1. The predicted octanol–water partition coefficient (Wildman–Crippen LogP) is 2.09. The molecule has 0 fully saturated rings. The minimum atomic E-state index is -0.680. The van der Waals surface area contributed by atoms with E-state index in [2.05, 4.69) is 14.9 Å². The number of carbonyl (C=O) groups excluding carboxylic acids is 1. The zero-order chi connectivity index (χ0) is 13.0. The summed E-state index contributed by atoms with van der Waals surface area (Å²) in [7, 11) is 1.23. The summed E-state index contributed by atoms with van der Waals surface area (Å²) in [5.41, 5.74) is 0. The summed E-state index contributed by atoms with van der Waals surface area (Å²) in [6, 6.07) is 6.81. The van der Waals surface area contributed by atoms with E-state index in [1.165, 1.54) is 7.11 Å². The third kappa shape index (κ3) is 2.98. The van der Waals surface area contributed by atoms with Crippen LogP contribution in [0.5, 0.6) is 5.75 Å². The fourth-order valence-corrected chi connectivity index (χ4v) is 1.28. The van der Waals surface area contributed by atoms with Crippen molar-refractivity contribution >= 4 is 17.6 Å². The molecule has 1 aromatic carbocycles. The van der Waals surface area contributed by atoms with Crippen molar-refractivity contribution in [2.24, 2.45) is 0 Å². The highest BCUT2D eigenvalue weighted by Gasteiger charge is 2.15. The Kier molecular flexibility index (Phi) is 3.78. The Hall–Kier alpha value is -2.08. The minimum absolute atomic E-state index is 0.0611. The topological polar surface area (TPSA) is 74.5 Å². The molecule has 0 aliphatic heterocycles. The molecule has 0 N–H and O–H groups in total. The van der Waals surface area contributed by atoms with E-state index in [1.54, 1.807) is 24.3 Å². The van der Waals surface area contributed by atoms with E-state index in [1.807, 2.05) is 0 Å². The van der Waals surface area contributed by atoms with E-state index in [9.17, 15) is 4.79 Å². The van der Waals surface area contributed by atoms with Crippen LogP contribution in [0.3, 0.4) is 0 Å². The van der Waals surface area contributed by atoms with Gasteiger partial charge < -0.3 is 13.9 Å². The molecule has 0 atom stereocenters. The monoisotopic (exact) mass is 268 g/mol. The van der Waals surface area contributed by atoms with Crippen LogP contribution < -0.4 is 4.74 Å². The van der Waals surface area contributed by atoms with Crippen LogP contribution in [0.25, 0.3) is 0 Å². The summed E-state index contributed by atoms with van der Waals surface area (Å²) in [5.74, 6) is -0.0879. The third-order valence-corrected chi connectivity index (χ3v) is 2.25. The highest BCUT2D eigenvalue weighted by atomic mass is 35.5. The summed E-state index contributed by atoms with van der Waals surface area (Å²) in [6.45, 7) is 0.0611. The van der Waals surface area contributed by atoms with Crippen LogP contribution in [0.2, 0.25) is 5.02 Å². The maximum Gasteiger partial charge on any atom is 0.396 e. The number of hydrogen-bond donors (Lipinski definition) is 0. The van der Waals surface area contributed by atoms with E-state index in [0.29, 0.717) is 10.8 Å². The summed E-state index contributed by atoms with van der Waals surface area (Å²) in [4.78, 5) is 11.1. The lowest BCUT2D eigenvalue weighted by molar-refractivity contribution is 0.0552. The molecule has 0 aliphatic carbocycles. The molecule has 18 heavy (non-hydrogen) atoms. The van der Waals surface area contributed by atoms with Crippen molar-refractivity contribution in [2.45, 2.75) is 6.61 Å². The van der Waals surface area contributed by atoms with E-state index < -0.39 is 5.97 Å². The Morgan fingerprint density at radius 2 is 2.06 bits per heavy atom. The first-order valence-electron chi connectivity index (χ1n) is 4.98. The molecule has 94 valence electrons.